The molecule has 1 N–H and O–H groups in total. The summed E-state index contributed by atoms with van der Waals surface area (Å²) in [5.74, 6) is 0.596. The van der Waals surface area contributed by atoms with E-state index in [-0.39, 0.29) is 11.9 Å². The molecule has 2 aromatic rings. The minimum absolute atomic E-state index is 0.154. The smallest absolute Gasteiger partial charge is 0.350 e. The van der Waals surface area contributed by atoms with Gasteiger partial charge < -0.3 is 14.8 Å². The van der Waals surface area contributed by atoms with E-state index in [4.69, 9.17) is 9.47 Å². The van der Waals surface area contributed by atoms with Crippen molar-refractivity contribution in [1.29, 1.82) is 0 Å². The van der Waals surface area contributed by atoms with Crippen molar-refractivity contribution in [2.75, 3.05) is 19.5 Å². The van der Waals surface area contributed by atoms with Crippen LogP contribution < -0.4 is 10.1 Å². The number of methoxy groups -OCH3 is 2. The number of carbonyl (C=O) groups is 1. The van der Waals surface area contributed by atoms with Crippen molar-refractivity contribution < 1.29 is 14.3 Å². The molecule has 0 aliphatic carbocycles. The average Bonchev–Trinajstić information content (AvgIpc) is 2.91. The van der Waals surface area contributed by atoms with Crippen molar-refractivity contribution in [2.45, 2.75) is 19.8 Å². The topological polar surface area (TPSA) is 60.5 Å². The molecule has 0 fully saturated rings. The van der Waals surface area contributed by atoms with E-state index < -0.39 is 0 Å². The molecule has 0 saturated heterocycles. The van der Waals surface area contributed by atoms with Crippen molar-refractivity contribution in [3.63, 3.8) is 0 Å². The van der Waals surface area contributed by atoms with Crippen LogP contribution in [0.1, 0.15) is 35.1 Å². The van der Waals surface area contributed by atoms with Crippen molar-refractivity contribution in [2.24, 2.45) is 0 Å². The van der Waals surface area contributed by atoms with Gasteiger partial charge in [0.15, 0.2) is 5.13 Å². The molecule has 6 heteroatoms. The second-order valence-electron chi connectivity index (χ2n) is 4.73. The number of thiazole rings is 1. The summed E-state index contributed by atoms with van der Waals surface area (Å²) in [5.41, 5.74) is 1.64. The fourth-order valence-corrected chi connectivity index (χ4v) is 2.87. The Morgan fingerprint density at radius 3 is 2.43 bits per heavy atom. The van der Waals surface area contributed by atoms with Crippen LogP contribution in [0, 0.1) is 0 Å². The summed E-state index contributed by atoms with van der Waals surface area (Å²) in [4.78, 5) is 16.8. The average molecular weight is 306 g/mol. The lowest BCUT2D eigenvalue weighted by molar-refractivity contribution is 0.0604. The molecule has 1 aromatic heterocycles. The summed E-state index contributed by atoms with van der Waals surface area (Å²) in [6, 6.07) is 7.52. The van der Waals surface area contributed by atoms with E-state index in [1.807, 2.05) is 38.1 Å². The number of nitrogens with zero attached hydrogens (tertiary/aromatic N) is 1. The number of carbonyl (C=O) groups excluding carboxylic acids is 1. The summed E-state index contributed by atoms with van der Waals surface area (Å²) in [7, 11) is 3.00. The minimum atomic E-state index is -0.348. The molecule has 5 nitrogen and oxygen atoms in total. The van der Waals surface area contributed by atoms with E-state index in [1.165, 1.54) is 18.4 Å². The van der Waals surface area contributed by atoms with E-state index in [2.05, 4.69) is 10.3 Å². The van der Waals surface area contributed by atoms with Crippen LogP contribution in [0.15, 0.2) is 24.3 Å². The first-order valence-corrected chi connectivity index (χ1v) is 7.37. The lowest BCUT2D eigenvalue weighted by atomic mass is 10.1. The Morgan fingerprint density at radius 2 is 1.90 bits per heavy atom. The highest BCUT2D eigenvalue weighted by Gasteiger charge is 2.20. The number of anilines is 2. The summed E-state index contributed by atoms with van der Waals surface area (Å²) in [5, 5.41) is 3.86. The first-order valence-electron chi connectivity index (χ1n) is 6.55. The van der Waals surface area contributed by atoms with Crippen molar-refractivity contribution in [3.8, 4) is 5.75 Å². The van der Waals surface area contributed by atoms with Gasteiger partial charge >= 0.3 is 5.97 Å². The van der Waals surface area contributed by atoms with Crippen LogP contribution in [0.5, 0.6) is 5.75 Å². The number of ether oxygens (including phenoxy) is 2. The van der Waals surface area contributed by atoms with Crippen LogP contribution in [0.2, 0.25) is 0 Å². The molecule has 1 heterocycles. The van der Waals surface area contributed by atoms with Gasteiger partial charge in [-0.2, -0.15) is 0 Å². The number of nitrogens with one attached hydrogen (secondary N) is 1. The Morgan fingerprint density at radius 1 is 1.24 bits per heavy atom. The van der Waals surface area contributed by atoms with Crippen LogP contribution in [-0.2, 0) is 4.74 Å². The molecule has 21 heavy (non-hydrogen) atoms. The molecule has 0 aliphatic heterocycles. The molecule has 1 aromatic carbocycles. The SMILES string of the molecule is COC(=O)c1sc(Nc2ccc(OC)cc2)nc1C(C)C. The zero-order valence-corrected chi connectivity index (χ0v) is 13.3. The summed E-state index contributed by atoms with van der Waals surface area (Å²) in [6.07, 6.45) is 0. The Balaban J connectivity index is 2.25. The molecule has 2 rings (SSSR count). The van der Waals surface area contributed by atoms with Crippen LogP contribution >= 0.6 is 11.3 Å². The van der Waals surface area contributed by atoms with Crippen LogP contribution in [0.25, 0.3) is 0 Å². The van der Waals surface area contributed by atoms with Gasteiger partial charge in [0, 0.05) is 5.69 Å². The first-order chi connectivity index (χ1) is 10.0. The molecule has 0 saturated carbocycles. The molecular formula is C15H18N2O3S. The highest BCUT2D eigenvalue weighted by Crippen LogP contribution is 2.31. The summed E-state index contributed by atoms with van der Waals surface area (Å²) in [6.45, 7) is 4.00. The minimum Gasteiger partial charge on any atom is -0.497 e. The van der Waals surface area contributed by atoms with Gasteiger partial charge in [-0.25, -0.2) is 9.78 Å². The second-order valence-corrected chi connectivity index (χ2v) is 5.73. The molecule has 112 valence electrons. The second kappa shape index (κ2) is 6.58. The van der Waals surface area contributed by atoms with E-state index in [1.54, 1.807) is 7.11 Å². The zero-order chi connectivity index (χ0) is 15.4. The van der Waals surface area contributed by atoms with Gasteiger partial charge in [-0.1, -0.05) is 25.2 Å². The highest BCUT2D eigenvalue weighted by molar-refractivity contribution is 7.17. The van der Waals surface area contributed by atoms with Gasteiger partial charge in [0.1, 0.15) is 10.6 Å². The molecule has 0 bridgehead atoms. The summed E-state index contributed by atoms with van der Waals surface area (Å²) < 4.78 is 9.93. The lowest BCUT2D eigenvalue weighted by Crippen LogP contribution is -2.03. The Bertz CT molecular complexity index is 620. The Hall–Kier alpha value is -2.08. The third kappa shape index (κ3) is 3.52. The first kappa shape index (κ1) is 15.3. The molecule has 0 amide bonds. The normalized spacial score (nSPS) is 10.5. The van der Waals surface area contributed by atoms with Crippen molar-refractivity contribution in [3.05, 3.63) is 34.8 Å². The quantitative estimate of drug-likeness (QED) is 0.851. The maximum atomic E-state index is 11.8. The largest absolute Gasteiger partial charge is 0.497 e. The number of esters is 1. The highest BCUT2D eigenvalue weighted by atomic mass is 32.1. The zero-order valence-electron chi connectivity index (χ0n) is 12.5. The van der Waals surface area contributed by atoms with E-state index in [0.717, 1.165) is 17.1 Å². The number of hydrogen-bond donors (Lipinski definition) is 1. The van der Waals surface area contributed by atoms with Gasteiger partial charge in [0.05, 0.1) is 19.9 Å². The molecule has 0 spiro atoms. The third-order valence-electron chi connectivity index (χ3n) is 2.91. The van der Waals surface area contributed by atoms with E-state index in [0.29, 0.717) is 10.0 Å². The monoisotopic (exact) mass is 306 g/mol. The number of aromatic nitrogens is 1. The summed E-state index contributed by atoms with van der Waals surface area (Å²) >= 11 is 1.30. The number of hydrogen-bond acceptors (Lipinski definition) is 6. The van der Waals surface area contributed by atoms with Crippen molar-refractivity contribution in [1.82, 2.24) is 4.98 Å². The number of benzene rings is 1. The van der Waals surface area contributed by atoms with Gasteiger partial charge in [-0.15, -0.1) is 0 Å². The van der Waals surface area contributed by atoms with Gasteiger partial charge in [0.2, 0.25) is 0 Å². The third-order valence-corrected chi connectivity index (χ3v) is 3.88. The Labute approximate surface area is 127 Å². The number of rotatable bonds is 5. The van der Waals surface area contributed by atoms with Crippen LogP contribution in [-0.4, -0.2) is 25.2 Å². The maximum Gasteiger partial charge on any atom is 0.350 e. The molecule has 0 atom stereocenters. The predicted molar refractivity (Wildman–Crippen MR) is 83.8 cm³/mol. The fourth-order valence-electron chi connectivity index (χ4n) is 1.81. The predicted octanol–water partition coefficient (Wildman–Crippen LogP) is 3.81. The standard InChI is InChI=1S/C15H18N2O3S/c1-9(2)12-13(14(18)20-4)21-15(17-12)16-10-5-7-11(19-3)8-6-10/h5-9H,1-4H3,(H,16,17). The van der Waals surface area contributed by atoms with Gasteiger partial charge in [0.25, 0.3) is 0 Å². The van der Waals surface area contributed by atoms with Crippen molar-refractivity contribution >= 4 is 28.1 Å². The lowest BCUT2D eigenvalue weighted by Gasteiger charge is -2.04. The maximum absolute atomic E-state index is 11.8. The fraction of sp³-hybridized carbons (Fsp3) is 0.333. The van der Waals surface area contributed by atoms with E-state index >= 15 is 0 Å². The van der Waals surface area contributed by atoms with Crippen LogP contribution in [0.4, 0.5) is 10.8 Å². The molecule has 0 radical (unpaired) electrons. The van der Waals surface area contributed by atoms with Gasteiger partial charge in [-0.05, 0) is 30.2 Å². The molecule has 0 aliphatic rings. The van der Waals surface area contributed by atoms with Crippen LogP contribution in [0.3, 0.4) is 0 Å². The molecule has 0 unspecified atom stereocenters. The Kier molecular flexibility index (Phi) is 4.80. The van der Waals surface area contributed by atoms with Gasteiger partial charge in [-0.3, -0.25) is 0 Å². The van der Waals surface area contributed by atoms with E-state index in [9.17, 15) is 4.79 Å². The molecular weight excluding hydrogens is 288 g/mol.